The minimum Gasteiger partial charge on any atom is -0.397 e. The minimum atomic E-state index is 0.644. The summed E-state index contributed by atoms with van der Waals surface area (Å²) in [6.07, 6.45) is 0. The molecule has 0 unspecified atom stereocenters. The molecule has 0 aliphatic heterocycles. The van der Waals surface area contributed by atoms with Gasteiger partial charge < -0.3 is 11.1 Å². The van der Waals surface area contributed by atoms with Crippen LogP contribution < -0.4 is 11.1 Å². The first-order valence-electron chi connectivity index (χ1n) is 4.73. The van der Waals surface area contributed by atoms with Gasteiger partial charge in [0, 0.05) is 14.3 Å². The number of rotatable bonds is 2. The molecule has 2 rings (SSSR count). The minimum absolute atomic E-state index is 0.644. The molecule has 2 aromatic carbocycles. The van der Waals surface area contributed by atoms with E-state index in [4.69, 9.17) is 17.3 Å². The normalized spacial score (nSPS) is 10.1. The molecule has 16 heavy (non-hydrogen) atoms. The summed E-state index contributed by atoms with van der Waals surface area (Å²) in [5, 5.41) is 3.90. The lowest BCUT2D eigenvalue weighted by Gasteiger charge is -2.09. The average Bonchev–Trinajstić information content (AvgIpc) is 2.22. The molecule has 0 heterocycles. The summed E-state index contributed by atoms with van der Waals surface area (Å²) in [5.41, 5.74) is 8.39. The highest BCUT2D eigenvalue weighted by molar-refractivity contribution is 14.1. The highest BCUT2D eigenvalue weighted by Gasteiger charge is 2.00. The Bertz CT molecular complexity index is 514. The molecule has 0 aromatic heterocycles. The zero-order valence-electron chi connectivity index (χ0n) is 8.37. The lowest BCUT2D eigenvalue weighted by atomic mass is 10.2. The van der Waals surface area contributed by atoms with Gasteiger partial charge in [-0.05, 0) is 59.0 Å². The highest BCUT2D eigenvalue weighted by atomic mass is 127. The fourth-order valence-corrected chi connectivity index (χ4v) is 2.09. The third-order valence-electron chi connectivity index (χ3n) is 2.12. The van der Waals surface area contributed by atoms with Crippen LogP contribution in [-0.4, -0.2) is 0 Å². The number of nitrogens with two attached hydrogens (primary N) is 1. The predicted molar refractivity (Wildman–Crippen MR) is 78.3 cm³/mol. The molecule has 2 nitrogen and oxygen atoms in total. The molecule has 4 heteroatoms. The smallest absolute Gasteiger partial charge is 0.0618 e. The van der Waals surface area contributed by atoms with E-state index in [9.17, 15) is 0 Å². The number of hydrogen-bond acceptors (Lipinski definition) is 2. The van der Waals surface area contributed by atoms with Gasteiger partial charge in [0.05, 0.1) is 11.4 Å². The monoisotopic (exact) mass is 344 g/mol. The predicted octanol–water partition coefficient (Wildman–Crippen LogP) is 4.27. The van der Waals surface area contributed by atoms with Crippen molar-refractivity contribution < 1.29 is 0 Å². The van der Waals surface area contributed by atoms with Crippen molar-refractivity contribution in [3.63, 3.8) is 0 Å². The van der Waals surface area contributed by atoms with E-state index >= 15 is 0 Å². The number of hydrogen-bond donors (Lipinski definition) is 2. The Kier molecular flexibility index (Phi) is 3.56. The van der Waals surface area contributed by atoms with E-state index in [1.54, 1.807) is 6.07 Å². The van der Waals surface area contributed by atoms with E-state index in [0.717, 1.165) is 11.4 Å². The Labute approximate surface area is 113 Å². The van der Waals surface area contributed by atoms with Crippen LogP contribution in [0.4, 0.5) is 17.1 Å². The van der Waals surface area contributed by atoms with Gasteiger partial charge in [-0.2, -0.15) is 0 Å². The third kappa shape index (κ3) is 2.80. The number of anilines is 3. The summed E-state index contributed by atoms with van der Waals surface area (Å²) in [6, 6.07) is 13.5. The van der Waals surface area contributed by atoms with E-state index in [2.05, 4.69) is 34.0 Å². The van der Waals surface area contributed by atoms with E-state index in [1.807, 2.05) is 30.3 Å². The highest BCUT2D eigenvalue weighted by Crippen LogP contribution is 2.26. The van der Waals surface area contributed by atoms with Crippen molar-refractivity contribution in [3.05, 3.63) is 51.1 Å². The van der Waals surface area contributed by atoms with Crippen molar-refractivity contribution in [1.82, 2.24) is 0 Å². The number of halogens is 2. The lowest BCUT2D eigenvalue weighted by molar-refractivity contribution is 1.53. The van der Waals surface area contributed by atoms with Gasteiger partial charge in [-0.1, -0.05) is 17.7 Å². The molecule has 0 aliphatic carbocycles. The first-order chi connectivity index (χ1) is 7.65. The molecule has 2 aromatic rings. The third-order valence-corrected chi connectivity index (χ3v) is 3.02. The molecular weight excluding hydrogens is 335 g/mol. The van der Waals surface area contributed by atoms with Gasteiger partial charge in [-0.15, -0.1) is 0 Å². The zero-order valence-corrected chi connectivity index (χ0v) is 11.3. The summed E-state index contributed by atoms with van der Waals surface area (Å²) in [7, 11) is 0. The molecule has 0 aliphatic rings. The standard InChI is InChI=1S/C12H10ClIN2/c13-8-4-5-12(11(15)6-8)16-10-3-1-2-9(14)7-10/h1-7,16H,15H2. The van der Waals surface area contributed by atoms with Crippen molar-refractivity contribution in [1.29, 1.82) is 0 Å². The Morgan fingerprint density at radius 3 is 2.62 bits per heavy atom. The second-order valence-corrected chi connectivity index (χ2v) is 5.05. The maximum absolute atomic E-state index is 5.86. The van der Waals surface area contributed by atoms with Crippen molar-refractivity contribution in [2.75, 3.05) is 11.1 Å². The van der Waals surface area contributed by atoms with Gasteiger partial charge in [0.25, 0.3) is 0 Å². The summed E-state index contributed by atoms with van der Waals surface area (Å²) < 4.78 is 1.18. The van der Waals surface area contributed by atoms with Crippen LogP contribution in [0.5, 0.6) is 0 Å². The Balaban J connectivity index is 2.27. The second kappa shape index (κ2) is 4.93. The van der Waals surface area contributed by atoms with Crippen LogP contribution in [0.15, 0.2) is 42.5 Å². The Morgan fingerprint density at radius 1 is 1.12 bits per heavy atom. The first kappa shape index (κ1) is 11.5. The SMILES string of the molecule is Nc1cc(Cl)ccc1Nc1cccc(I)c1. The fraction of sp³-hybridized carbons (Fsp3) is 0. The van der Waals surface area contributed by atoms with Crippen LogP contribution >= 0.6 is 34.2 Å². The Hall–Kier alpha value is -0.940. The second-order valence-electron chi connectivity index (χ2n) is 3.37. The van der Waals surface area contributed by atoms with Gasteiger partial charge in [-0.25, -0.2) is 0 Å². The summed E-state index contributed by atoms with van der Waals surface area (Å²) >= 11 is 8.11. The number of benzene rings is 2. The molecule has 0 saturated heterocycles. The Morgan fingerprint density at radius 2 is 1.94 bits per heavy atom. The van der Waals surface area contributed by atoms with E-state index in [0.29, 0.717) is 10.7 Å². The van der Waals surface area contributed by atoms with Crippen molar-refractivity contribution in [2.45, 2.75) is 0 Å². The van der Waals surface area contributed by atoms with Crippen LogP contribution in [-0.2, 0) is 0 Å². The number of nitrogen functional groups attached to an aromatic ring is 1. The molecule has 0 fully saturated rings. The van der Waals surface area contributed by atoms with Crippen LogP contribution in [0, 0.1) is 3.57 Å². The molecule has 82 valence electrons. The molecule has 0 amide bonds. The average molecular weight is 345 g/mol. The molecule has 0 atom stereocenters. The van der Waals surface area contributed by atoms with Crippen molar-refractivity contribution in [2.24, 2.45) is 0 Å². The van der Waals surface area contributed by atoms with Crippen LogP contribution in [0.25, 0.3) is 0 Å². The maximum Gasteiger partial charge on any atom is 0.0618 e. The van der Waals surface area contributed by atoms with Crippen LogP contribution in [0.2, 0.25) is 5.02 Å². The van der Waals surface area contributed by atoms with Crippen molar-refractivity contribution >= 4 is 51.3 Å². The quantitative estimate of drug-likeness (QED) is 0.631. The van der Waals surface area contributed by atoms with Gasteiger partial charge >= 0.3 is 0 Å². The van der Waals surface area contributed by atoms with Crippen LogP contribution in [0.1, 0.15) is 0 Å². The largest absolute Gasteiger partial charge is 0.397 e. The van der Waals surface area contributed by atoms with E-state index in [-0.39, 0.29) is 0 Å². The molecule has 0 radical (unpaired) electrons. The van der Waals surface area contributed by atoms with Gasteiger partial charge in [-0.3, -0.25) is 0 Å². The van der Waals surface area contributed by atoms with Crippen molar-refractivity contribution in [3.8, 4) is 0 Å². The molecule has 0 saturated carbocycles. The van der Waals surface area contributed by atoms with Crippen LogP contribution in [0.3, 0.4) is 0 Å². The topological polar surface area (TPSA) is 38.0 Å². The molecule has 3 N–H and O–H groups in total. The molecular formula is C12H10ClIN2. The number of nitrogens with one attached hydrogen (secondary N) is 1. The van der Waals surface area contributed by atoms with Gasteiger partial charge in [0.15, 0.2) is 0 Å². The van der Waals surface area contributed by atoms with Gasteiger partial charge in [0.1, 0.15) is 0 Å². The van der Waals surface area contributed by atoms with E-state index in [1.165, 1.54) is 3.57 Å². The molecule has 0 spiro atoms. The first-order valence-corrected chi connectivity index (χ1v) is 6.18. The van der Waals surface area contributed by atoms with E-state index < -0.39 is 0 Å². The molecule has 0 bridgehead atoms. The van der Waals surface area contributed by atoms with Gasteiger partial charge in [0.2, 0.25) is 0 Å². The summed E-state index contributed by atoms with van der Waals surface area (Å²) in [5.74, 6) is 0. The lowest BCUT2D eigenvalue weighted by Crippen LogP contribution is -1.96. The zero-order chi connectivity index (χ0) is 11.5. The fourth-order valence-electron chi connectivity index (χ4n) is 1.37. The summed E-state index contributed by atoms with van der Waals surface area (Å²) in [4.78, 5) is 0. The maximum atomic E-state index is 5.86. The summed E-state index contributed by atoms with van der Waals surface area (Å²) in [6.45, 7) is 0.